The van der Waals surface area contributed by atoms with Crippen LogP contribution in [0.3, 0.4) is 0 Å². The molecule has 18 heavy (non-hydrogen) atoms. The van der Waals surface area contributed by atoms with Gasteiger partial charge < -0.3 is 9.80 Å². The van der Waals surface area contributed by atoms with Gasteiger partial charge in [0.25, 0.3) is 0 Å². The van der Waals surface area contributed by atoms with Crippen molar-refractivity contribution in [2.24, 2.45) is 0 Å². The summed E-state index contributed by atoms with van der Waals surface area (Å²) in [6, 6.07) is 1.75. The van der Waals surface area contributed by atoms with Crippen molar-refractivity contribution < 1.29 is 4.39 Å². The zero-order valence-corrected chi connectivity index (χ0v) is 12.2. The van der Waals surface area contributed by atoms with Gasteiger partial charge in [-0.15, -0.1) is 11.6 Å². The number of hydrogen-bond acceptors (Lipinski definition) is 3. The Kier molecular flexibility index (Phi) is 5.82. The normalized spacial score (nSPS) is 12.8. The fraction of sp³-hybridized carbons (Fsp3) is 0.615. The molecule has 3 nitrogen and oxygen atoms in total. The number of anilines is 1. The second-order valence-corrected chi connectivity index (χ2v) is 4.93. The Balaban J connectivity index is 3.00. The quantitative estimate of drug-likeness (QED) is 0.743. The van der Waals surface area contributed by atoms with E-state index in [0.29, 0.717) is 6.04 Å². The molecule has 0 radical (unpaired) electrons. The predicted molar refractivity (Wildman–Crippen MR) is 74.8 cm³/mol. The molecule has 1 aromatic rings. The molecule has 5 heteroatoms. The molecule has 0 saturated heterocycles. The smallest absolute Gasteiger partial charge is 0.141 e. The summed E-state index contributed by atoms with van der Waals surface area (Å²) in [7, 11) is 4.07. The first kappa shape index (κ1) is 15.2. The van der Waals surface area contributed by atoms with Crippen molar-refractivity contribution in [3.63, 3.8) is 0 Å². The first-order valence-corrected chi connectivity index (χ1v) is 6.64. The number of likely N-dealkylation sites (N-methyl/N-ethyl adjacent to an activating group) is 2. The Hall–Kier alpha value is -0.870. The molecular formula is C13H21ClFN3. The summed E-state index contributed by atoms with van der Waals surface area (Å²) in [5.41, 5.74) is 0.740. The van der Waals surface area contributed by atoms with Crippen molar-refractivity contribution in [3.8, 4) is 0 Å². The van der Waals surface area contributed by atoms with E-state index in [1.807, 2.05) is 14.1 Å². The highest BCUT2D eigenvalue weighted by Gasteiger charge is 2.18. The van der Waals surface area contributed by atoms with Gasteiger partial charge in [-0.2, -0.15) is 0 Å². The van der Waals surface area contributed by atoms with Crippen LogP contribution in [0.25, 0.3) is 0 Å². The maximum atomic E-state index is 13.2. The molecule has 0 aliphatic rings. The molecule has 0 amide bonds. The number of halogens is 2. The van der Waals surface area contributed by atoms with Crippen LogP contribution in [0.5, 0.6) is 0 Å². The first-order chi connectivity index (χ1) is 8.49. The van der Waals surface area contributed by atoms with Gasteiger partial charge >= 0.3 is 0 Å². The molecule has 1 heterocycles. The topological polar surface area (TPSA) is 19.4 Å². The van der Waals surface area contributed by atoms with Crippen LogP contribution in [-0.2, 0) is 5.88 Å². The molecular weight excluding hydrogens is 253 g/mol. The van der Waals surface area contributed by atoms with E-state index < -0.39 is 0 Å². The van der Waals surface area contributed by atoms with E-state index in [0.717, 1.165) is 24.5 Å². The number of aromatic nitrogens is 1. The molecule has 0 aliphatic carbocycles. The molecule has 102 valence electrons. The SMILES string of the molecule is CCN(c1ncc(F)cc1CCl)C(C)CN(C)C. The summed E-state index contributed by atoms with van der Waals surface area (Å²) >= 11 is 5.87. The highest BCUT2D eigenvalue weighted by molar-refractivity contribution is 6.17. The van der Waals surface area contributed by atoms with Gasteiger partial charge in [0, 0.05) is 24.7 Å². The fourth-order valence-corrected chi connectivity index (χ4v) is 2.32. The average Bonchev–Trinajstić information content (AvgIpc) is 2.30. The van der Waals surface area contributed by atoms with Crippen molar-refractivity contribution in [2.75, 3.05) is 32.1 Å². The fourth-order valence-electron chi connectivity index (χ4n) is 2.13. The lowest BCUT2D eigenvalue weighted by Gasteiger charge is -2.32. The van der Waals surface area contributed by atoms with Gasteiger partial charge in [0.15, 0.2) is 0 Å². The van der Waals surface area contributed by atoms with Gasteiger partial charge in [0.1, 0.15) is 11.6 Å². The molecule has 1 aromatic heterocycles. The van der Waals surface area contributed by atoms with Crippen LogP contribution >= 0.6 is 11.6 Å². The second-order valence-electron chi connectivity index (χ2n) is 4.67. The van der Waals surface area contributed by atoms with Gasteiger partial charge in [-0.05, 0) is 34.0 Å². The van der Waals surface area contributed by atoms with Crippen molar-refractivity contribution in [3.05, 3.63) is 23.6 Å². The van der Waals surface area contributed by atoms with Crippen LogP contribution in [0.15, 0.2) is 12.3 Å². The molecule has 0 N–H and O–H groups in total. The molecule has 0 spiro atoms. The van der Waals surface area contributed by atoms with E-state index in [1.54, 1.807) is 0 Å². The zero-order valence-electron chi connectivity index (χ0n) is 11.5. The van der Waals surface area contributed by atoms with Crippen LogP contribution in [0.1, 0.15) is 19.4 Å². The lowest BCUT2D eigenvalue weighted by Crippen LogP contribution is -2.41. The van der Waals surface area contributed by atoms with Gasteiger partial charge in [-0.3, -0.25) is 0 Å². The van der Waals surface area contributed by atoms with Crippen molar-refractivity contribution in [2.45, 2.75) is 25.8 Å². The molecule has 0 bridgehead atoms. The van der Waals surface area contributed by atoms with E-state index in [2.05, 4.69) is 28.6 Å². The first-order valence-electron chi connectivity index (χ1n) is 6.11. The van der Waals surface area contributed by atoms with Crippen molar-refractivity contribution in [1.82, 2.24) is 9.88 Å². The lowest BCUT2D eigenvalue weighted by atomic mass is 10.2. The Morgan fingerprint density at radius 1 is 1.44 bits per heavy atom. The number of nitrogens with zero attached hydrogens (tertiary/aromatic N) is 3. The Morgan fingerprint density at radius 3 is 2.61 bits per heavy atom. The molecule has 1 unspecified atom stereocenters. The summed E-state index contributed by atoms with van der Waals surface area (Å²) in [5.74, 6) is 0.708. The number of rotatable bonds is 6. The molecule has 0 fully saturated rings. The molecule has 1 atom stereocenters. The molecule has 0 aliphatic heterocycles. The lowest BCUT2D eigenvalue weighted by molar-refractivity contribution is 0.372. The molecule has 0 saturated carbocycles. The highest BCUT2D eigenvalue weighted by atomic mass is 35.5. The van der Waals surface area contributed by atoms with E-state index in [4.69, 9.17) is 11.6 Å². The number of hydrogen-bond donors (Lipinski definition) is 0. The maximum Gasteiger partial charge on any atom is 0.141 e. The molecule has 0 aromatic carbocycles. The highest BCUT2D eigenvalue weighted by Crippen LogP contribution is 2.22. The van der Waals surface area contributed by atoms with Crippen molar-refractivity contribution in [1.29, 1.82) is 0 Å². The third-order valence-corrected chi connectivity index (χ3v) is 3.12. The Morgan fingerprint density at radius 2 is 2.11 bits per heavy atom. The van der Waals surface area contributed by atoms with Crippen molar-refractivity contribution >= 4 is 17.4 Å². The summed E-state index contributed by atoms with van der Waals surface area (Å²) in [6.07, 6.45) is 1.25. The summed E-state index contributed by atoms with van der Waals surface area (Å²) in [6.45, 7) is 5.92. The number of alkyl halides is 1. The van der Waals surface area contributed by atoms with Gasteiger partial charge in [0.05, 0.1) is 12.1 Å². The van der Waals surface area contributed by atoms with E-state index >= 15 is 0 Å². The summed E-state index contributed by atoms with van der Waals surface area (Å²) < 4.78 is 13.2. The second kappa shape index (κ2) is 6.90. The van der Waals surface area contributed by atoms with Gasteiger partial charge in [0.2, 0.25) is 0 Å². The standard InChI is InChI=1S/C13H21ClFN3/c1-5-18(10(2)9-17(3)4)13-11(7-14)6-12(15)8-16-13/h6,8,10H,5,7,9H2,1-4H3. The van der Waals surface area contributed by atoms with E-state index in [9.17, 15) is 4.39 Å². The van der Waals surface area contributed by atoms with Crippen LogP contribution < -0.4 is 4.90 Å². The maximum absolute atomic E-state index is 13.2. The van der Waals surface area contributed by atoms with Gasteiger partial charge in [-0.25, -0.2) is 9.37 Å². The van der Waals surface area contributed by atoms with E-state index in [1.165, 1.54) is 12.3 Å². The minimum atomic E-state index is -0.342. The minimum absolute atomic E-state index is 0.269. The Bertz CT molecular complexity index is 384. The van der Waals surface area contributed by atoms with E-state index in [-0.39, 0.29) is 11.7 Å². The zero-order chi connectivity index (χ0) is 13.7. The van der Waals surface area contributed by atoms with Crippen LogP contribution in [0.2, 0.25) is 0 Å². The summed E-state index contributed by atoms with van der Waals surface area (Å²) in [4.78, 5) is 8.47. The average molecular weight is 274 g/mol. The third-order valence-electron chi connectivity index (χ3n) is 2.83. The van der Waals surface area contributed by atoms with Crippen LogP contribution in [0.4, 0.5) is 10.2 Å². The Labute approximate surface area is 114 Å². The van der Waals surface area contributed by atoms with Crippen LogP contribution in [0, 0.1) is 5.82 Å². The van der Waals surface area contributed by atoms with Crippen LogP contribution in [-0.4, -0.2) is 43.1 Å². The summed E-state index contributed by atoms with van der Waals surface area (Å²) in [5, 5.41) is 0. The predicted octanol–water partition coefficient (Wildman–Crippen LogP) is 2.74. The minimum Gasteiger partial charge on any atom is -0.353 e. The molecule has 1 rings (SSSR count). The number of pyridine rings is 1. The largest absolute Gasteiger partial charge is 0.353 e. The monoisotopic (exact) mass is 273 g/mol. The third kappa shape index (κ3) is 3.82. The van der Waals surface area contributed by atoms with Gasteiger partial charge in [-0.1, -0.05) is 0 Å².